The van der Waals surface area contributed by atoms with Crippen molar-refractivity contribution in [2.24, 2.45) is 0 Å². The standard InChI is InChI=1S/C10H12Cl2N2O3/c1-7(15)17-5-3-2-4-14-10(16)9(12)8(11)6-13-14/h6H,2-5H2,1H3. The lowest BCUT2D eigenvalue weighted by atomic mass is 10.3. The predicted octanol–water partition coefficient (Wildman–Crippen LogP) is 1.89. The smallest absolute Gasteiger partial charge is 0.302 e. The lowest BCUT2D eigenvalue weighted by Crippen LogP contribution is -2.23. The third kappa shape index (κ3) is 4.36. The van der Waals surface area contributed by atoms with Gasteiger partial charge in [-0.15, -0.1) is 0 Å². The molecule has 0 saturated carbocycles. The number of halogens is 2. The number of aryl methyl sites for hydroxylation is 1. The molecular formula is C10H12Cl2N2O3. The van der Waals surface area contributed by atoms with Crippen molar-refractivity contribution in [1.29, 1.82) is 0 Å². The lowest BCUT2D eigenvalue weighted by molar-refractivity contribution is -0.141. The Kier molecular flexibility index (Phi) is 5.44. The Labute approximate surface area is 108 Å². The zero-order valence-corrected chi connectivity index (χ0v) is 10.8. The quantitative estimate of drug-likeness (QED) is 0.610. The van der Waals surface area contributed by atoms with Crippen LogP contribution < -0.4 is 5.56 Å². The van der Waals surface area contributed by atoms with E-state index in [0.717, 1.165) is 0 Å². The summed E-state index contributed by atoms with van der Waals surface area (Å²) >= 11 is 11.3. The summed E-state index contributed by atoms with van der Waals surface area (Å²) in [5, 5.41) is 3.97. The van der Waals surface area contributed by atoms with Gasteiger partial charge in [0.1, 0.15) is 5.02 Å². The molecule has 1 aromatic heterocycles. The van der Waals surface area contributed by atoms with Crippen LogP contribution in [0.5, 0.6) is 0 Å². The summed E-state index contributed by atoms with van der Waals surface area (Å²) in [6.45, 7) is 2.10. The van der Waals surface area contributed by atoms with E-state index in [2.05, 4.69) is 5.10 Å². The Hall–Kier alpha value is -1.07. The number of ether oxygens (including phenoxy) is 1. The van der Waals surface area contributed by atoms with Gasteiger partial charge in [0.05, 0.1) is 17.8 Å². The number of hydrogen-bond acceptors (Lipinski definition) is 4. The maximum atomic E-state index is 11.6. The van der Waals surface area contributed by atoms with E-state index in [1.165, 1.54) is 17.8 Å². The maximum Gasteiger partial charge on any atom is 0.302 e. The first-order valence-electron chi connectivity index (χ1n) is 5.07. The monoisotopic (exact) mass is 278 g/mol. The average Bonchev–Trinajstić information content (AvgIpc) is 2.28. The van der Waals surface area contributed by atoms with E-state index in [-0.39, 0.29) is 16.0 Å². The number of carbonyl (C=O) groups is 1. The van der Waals surface area contributed by atoms with Crippen LogP contribution in [0.1, 0.15) is 19.8 Å². The molecule has 0 aliphatic rings. The SMILES string of the molecule is CC(=O)OCCCCn1ncc(Cl)c(Cl)c1=O. The summed E-state index contributed by atoms with van der Waals surface area (Å²) in [7, 11) is 0. The van der Waals surface area contributed by atoms with E-state index in [9.17, 15) is 9.59 Å². The number of esters is 1. The van der Waals surface area contributed by atoms with E-state index in [1.807, 2.05) is 0 Å². The fourth-order valence-electron chi connectivity index (χ4n) is 1.18. The van der Waals surface area contributed by atoms with Crippen molar-refractivity contribution in [2.45, 2.75) is 26.3 Å². The molecule has 0 aromatic carbocycles. The molecule has 0 saturated heterocycles. The topological polar surface area (TPSA) is 61.2 Å². The third-order valence-corrected chi connectivity index (χ3v) is 2.76. The molecule has 0 amide bonds. The van der Waals surface area contributed by atoms with Gasteiger partial charge in [0.15, 0.2) is 0 Å². The molecular weight excluding hydrogens is 267 g/mol. The minimum absolute atomic E-state index is 0.0262. The molecule has 0 radical (unpaired) electrons. The first-order valence-corrected chi connectivity index (χ1v) is 5.82. The van der Waals surface area contributed by atoms with Crippen LogP contribution in [0.4, 0.5) is 0 Å². The molecule has 0 bridgehead atoms. The number of nitrogens with zero attached hydrogens (tertiary/aromatic N) is 2. The van der Waals surface area contributed by atoms with Gasteiger partial charge in [-0.25, -0.2) is 4.68 Å². The fraction of sp³-hybridized carbons (Fsp3) is 0.500. The van der Waals surface area contributed by atoms with Crippen molar-refractivity contribution >= 4 is 29.2 Å². The van der Waals surface area contributed by atoms with Crippen LogP contribution in [0, 0.1) is 0 Å². The van der Waals surface area contributed by atoms with Crippen LogP contribution in [-0.4, -0.2) is 22.4 Å². The van der Waals surface area contributed by atoms with Crippen molar-refractivity contribution in [3.63, 3.8) is 0 Å². The molecule has 94 valence electrons. The second-order valence-corrected chi connectivity index (χ2v) is 4.17. The van der Waals surface area contributed by atoms with Gasteiger partial charge in [-0.1, -0.05) is 23.2 Å². The van der Waals surface area contributed by atoms with Crippen molar-refractivity contribution in [3.8, 4) is 0 Å². The van der Waals surface area contributed by atoms with E-state index in [1.54, 1.807) is 0 Å². The molecule has 0 aliphatic heterocycles. The largest absolute Gasteiger partial charge is 0.466 e. The van der Waals surface area contributed by atoms with Gasteiger partial charge < -0.3 is 4.74 Å². The van der Waals surface area contributed by atoms with Gasteiger partial charge in [0.25, 0.3) is 5.56 Å². The Morgan fingerprint density at radius 2 is 2.18 bits per heavy atom. The summed E-state index contributed by atoms with van der Waals surface area (Å²) in [6, 6.07) is 0. The summed E-state index contributed by atoms with van der Waals surface area (Å²) < 4.78 is 6.00. The first kappa shape index (κ1) is 14.0. The zero-order chi connectivity index (χ0) is 12.8. The third-order valence-electron chi connectivity index (χ3n) is 2.01. The highest BCUT2D eigenvalue weighted by Crippen LogP contribution is 2.14. The minimum atomic E-state index is -0.411. The van der Waals surface area contributed by atoms with Crippen molar-refractivity contribution in [1.82, 2.24) is 9.78 Å². The Morgan fingerprint density at radius 3 is 2.82 bits per heavy atom. The molecule has 0 aliphatic carbocycles. The van der Waals surface area contributed by atoms with Crippen LogP contribution in [0.2, 0.25) is 10.0 Å². The highest BCUT2D eigenvalue weighted by atomic mass is 35.5. The molecule has 0 unspecified atom stereocenters. The zero-order valence-electron chi connectivity index (χ0n) is 9.28. The van der Waals surface area contributed by atoms with E-state index in [4.69, 9.17) is 27.9 Å². The van der Waals surface area contributed by atoms with Gasteiger partial charge in [-0.05, 0) is 12.8 Å². The minimum Gasteiger partial charge on any atom is -0.466 e. The molecule has 17 heavy (non-hydrogen) atoms. The maximum absolute atomic E-state index is 11.6. The summed E-state index contributed by atoms with van der Waals surface area (Å²) in [6.07, 6.45) is 2.66. The summed E-state index contributed by atoms with van der Waals surface area (Å²) in [5.74, 6) is -0.310. The number of hydrogen-bond donors (Lipinski definition) is 0. The van der Waals surface area contributed by atoms with Crippen LogP contribution >= 0.6 is 23.2 Å². The van der Waals surface area contributed by atoms with E-state index in [0.29, 0.717) is 26.0 Å². The highest BCUT2D eigenvalue weighted by Gasteiger charge is 2.06. The highest BCUT2D eigenvalue weighted by molar-refractivity contribution is 6.41. The van der Waals surface area contributed by atoms with Gasteiger partial charge in [-0.3, -0.25) is 9.59 Å². The summed E-state index contributed by atoms with van der Waals surface area (Å²) in [5.41, 5.74) is -0.411. The van der Waals surface area contributed by atoms with Gasteiger partial charge >= 0.3 is 5.97 Å². The van der Waals surface area contributed by atoms with E-state index >= 15 is 0 Å². The molecule has 0 spiro atoms. The van der Waals surface area contributed by atoms with E-state index < -0.39 is 5.56 Å². The van der Waals surface area contributed by atoms with Gasteiger partial charge in [0.2, 0.25) is 0 Å². The molecule has 1 rings (SSSR count). The molecule has 7 heteroatoms. The predicted molar refractivity (Wildman–Crippen MR) is 64.4 cm³/mol. The second kappa shape index (κ2) is 6.61. The Balaban J connectivity index is 2.45. The van der Waals surface area contributed by atoms with Crippen LogP contribution in [0.3, 0.4) is 0 Å². The van der Waals surface area contributed by atoms with Crippen molar-refractivity contribution in [3.05, 3.63) is 26.6 Å². The average molecular weight is 279 g/mol. The van der Waals surface area contributed by atoms with Crippen LogP contribution in [0.15, 0.2) is 11.0 Å². The number of carbonyl (C=O) groups excluding carboxylic acids is 1. The molecule has 0 fully saturated rings. The fourth-order valence-corrected chi connectivity index (χ4v) is 1.45. The number of aromatic nitrogens is 2. The van der Waals surface area contributed by atoms with Crippen LogP contribution in [-0.2, 0) is 16.1 Å². The van der Waals surface area contributed by atoms with Gasteiger partial charge in [0, 0.05) is 13.5 Å². The molecule has 0 N–H and O–H groups in total. The normalized spacial score (nSPS) is 10.3. The molecule has 5 nitrogen and oxygen atoms in total. The van der Waals surface area contributed by atoms with Crippen molar-refractivity contribution < 1.29 is 9.53 Å². The molecule has 0 atom stereocenters. The lowest BCUT2D eigenvalue weighted by Gasteiger charge is -2.05. The Morgan fingerprint density at radius 1 is 1.47 bits per heavy atom. The first-order chi connectivity index (χ1) is 8.02. The summed E-state index contributed by atoms with van der Waals surface area (Å²) in [4.78, 5) is 22.1. The van der Waals surface area contributed by atoms with Crippen LogP contribution in [0.25, 0.3) is 0 Å². The molecule has 1 heterocycles. The van der Waals surface area contributed by atoms with Crippen molar-refractivity contribution in [2.75, 3.05) is 6.61 Å². The number of rotatable bonds is 5. The van der Waals surface area contributed by atoms with Gasteiger partial charge in [-0.2, -0.15) is 5.10 Å². The Bertz CT molecular complexity index is 459. The molecule has 1 aromatic rings. The number of unbranched alkanes of at least 4 members (excludes halogenated alkanes) is 1. The second-order valence-electron chi connectivity index (χ2n) is 3.38.